The molecule has 0 aliphatic carbocycles. The Kier molecular flexibility index (Phi) is 7.05. The fourth-order valence-electron chi connectivity index (χ4n) is 2.73. The second-order valence-corrected chi connectivity index (χ2v) is 6.73. The van der Waals surface area contributed by atoms with Gasteiger partial charge < -0.3 is 10.6 Å². The quantitative estimate of drug-likeness (QED) is 0.759. The van der Waals surface area contributed by atoms with Crippen LogP contribution in [-0.2, 0) is 11.2 Å². The number of nitrogens with one attached hydrogen (secondary N) is 2. The SMILES string of the molecule is CCCc1ccc(NC(=O)C(NC(=O)c2c(F)cccc2F)C(C)C)cc1. The number of hydrogen-bond donors (Lipinski definition) is 2. The number of benzene rings is 2. The van der Waals surface area contributed by atoms with Crippen LogP contribution in [0.4, 0.5) is 14.5 Å². The predicted molar refractivity (Wildman–Crippen MR) is 102 cm³/mol. The van der Waals surface area contributed by atoms with Crippen LogP contribution in [0.1, 0.15) is 43.1 Å². The van der Waals surface area contributed by atoms with E-state index in [4.69, 9.17) is 0 Å². The van der Waals surface area contributed by atoms with Crippen molar-refractivity contribution in [2.45, 2.75) is 39.7 Å². The Morgan fingerprint density at radius 3 is 2.11 bits per heavy atom. The molecule has 2 rings (SSSR count). The Labute approximate surface area is 158 Å². The minimum atomic E-state index is -0.970. The lowest BCUT2D eigenvalue weighted by atomic mass is 10.0. The molecule has 1 unspecified atom stereocenters. The Balaban J connectivity index is 2.12. The van der Waals surface area contributed by atoms with Crippen molar-refractivity contribution < 1.29 is 18.4 Å². The van der Waals surface area contributed by atoms with Gasteiger partial charge in [-0.1, -0.05) is 45.4 Å². The van der Waals surface area contributed by atoms with Gasteiger partial charge in [-0.3, -0.25) is 9.59 Å². The summed E-state index contributed by atoms with van der Waals surface area (Å²) in [6.45, 7) is 5.57. The van der Waals surface area contributed by atoms with Crippen LogP contribution in [0.2, 0.25) is 0 Å². The molecule has 0 bridgehead atoms. The van der Waals surface area contributed by atoms with Crippen LogP contribution in [-0.4, -0.2) is 17.9 Å². The van der Waals surface area contributed by atoms with Crippen molar-refractivity contribution in [3.05, 3.63) is 65.2 Å². The van der Waals surface area contributed by atoms with E-state index in [1.54, 1.807) is 26.0 Å². The highest BCUT2D eigenvalue weighted by atomic mass is 19.1. The summed E-state index contributed by atoms with van der Waals surface area (Å²) < 4.78 is 27.6. The zero-order chi connectivity index (χ0) is 20.0. The van der Waals surface area contributed by atoms with Crippen molar-refractivity contribution in [2.24, 2.45) is 5.92 Å². The highest BCUT2D eigenvalue weighted by molar-refractivity contribution is 6.01. The van der Waals surface area contributed by atoms with E-state index in [0.717, 1.165) is 25.0 Å². The number of halogens is 2. The van der Waals surface area contributed by atoms with E-state index in [1.807, 2.05) is 12.1 Å². The van der Waals surface area contributed by atoms with Crippen LogP contribution in [0, 0.1) is 17.6 Å². The third kappa shape index (κ3) is 5.36. The van der Waals surface area contributed by atoms with Crippen molar-refractivity contribution in [3.63, 3.8) is 0 Å². The van der Waals surface area contributed by atoms with Crippen LogP contribution in [0.25, 0.3) is 0 Å². The summed E-state index contributed by atoms with van der Waals surface area (Å²) in [7, 11) is 0. The van der Waals surface area contributed by atoms with E-state index < -0.39 is 35.1 Å². The molecular formula is C21H24F2N2O2. The van der Waals surface area contributed by atoms with Crippen LogP contribution >= 0.6 is 0 Å². The molecule has 0 fully saturated rings. The van der Waals surface area contributed by atoms with Gasteiger partial charge in [-0.25, -0.2) is 8.78 Å². The fraction of sp³-hybridized carbons (Fsp3) is 0.333. The number of carbonyl (C=O) groups excluding carboxylic acids is 2. The lowest BCUT2D eigenvalue weighted by Gasteiger charge is -2.22. The molecule has 2 aromatic rings. The molecule has 2 N–H and O–H groups in total. The number of rotatable bonds is 7. The molecule has 27 heavy (non-hydrogen) atoms. The summed E-state index contributed by atoms with van der Waals surface area (Å²) >= 11 is 0. The molecule has 0 saturated carbocycles. The maximum Gasteiger partial charge on any atom is 0.257 e. The van der Waals surface area contributed by atoms with Crippen molar-refractivity contribution in [1.82, 2.24) is 5.32 Å². The molecule has 6 heteroatoms. The van der Waals surface area contributed by atoms with Crippen molar-refractivity contribution in [3.8, 4) is 0 Å². The highest BCUT2D eigenvalue weighted by Crippen LogP contribution is 2.15. The van der Waals surface area contributed by atoms with Crippen LogP contribution in [0.3, 0.4) is 0 Å². The van der Waals surface area contributed by atoms with Gasteiger partial charge >= 0.3 is 0 Å². The number of aryl methyl sites for hydroxylation is 1. The second-order valence-electron chi connectivity index (χ2n) is 6.73. The summed E-state index contributed by atoms with van der Waals surface area (Å²) in [5, 5.41) is 5.17. The molecule has 0 aromatic heterocycles. The van der Waals surface area contributed by atoms with E-state index in [-0.39, 0.29) is 5.92 Å². The van der Waals surface area contributed by atoms with Crippen LogP contribution < -0.4 is 10.6 Å². The lowest BCUT2D eigenvalue weighted by Crippen LogP contribution is -2.47. The molecule has 2 amide bonds. The maximum absolute atomic E-state index is 13.8. The average molecular weight is 374 g/mol. The molecule has 2 aromatic carbocycles. The van der Waals surface area contributed by atoms with Gasteiger partial charge in [-0.15, -0.1) is 0 Å². The van der Waals surface area contributed by atoms with Gasteiger partial charge in [0, 0.05) is 5.69 Å². The molecule has 0 saturated heterocycles. The number of anilines is 1. The average Bonchev–Trinajstić information content (AvgIpc) is 2.61. The molecular weight excluding hydrogens is 350 g/mol. The standard InChI is InChI=1S/C21H24F2N2O2/c1-4-6-14-9-11-15(12-10-14)24-21(27)19(13(2)3)25-20(26)18-16(22)7-5-8-17(18)23/h5,7-13,19H,4,6H2,1-3H3,(H,24,27)(H,25,26). The predicted octanol–water partition coefficient (Wildman–Crippen LogP) is 4.31. The molecule has 0 heterocycles. The largest absolute Gasteiger partial charge is 0.340 e. The van der Waals surface area contributed by atoms with Gasteiger partial charge in [0.05, 0.1) is 0 Å². The first kappa shape index (κ1) is 20.6. The first-order valence-electron chi connectivity index (χ1n) is 8.98. The molecule has 144 valence electrons. The summed E-state index contributed by atoms with van der Waals surface area (Å²) in [5.41, 5.74) is 1.07. The van der Waals surface area contributed by atoms with Crippen LogP contribution in [0.5, 0.6) is 0 Å². The van der Waals surface area contributed by atoms with Gasteiger partial charge in [0.25, 0.3) is 5.91 Å². The van der Waals surface area contributed by atoms with Gasteiger partial charge in [0.1, 0.15) is 23.2 Å². The van der Waals surface area contributed by atoms with Crippen LogP contribution in [0.15, 0.2) is 42.5 Å². The van der Waals surface area contributed by atoms with E-state index >= 15 is 0 Å². The number of amides is 2. The Bertz CT molecular complexity index is 784. The molecule has 0 radical (unpaired) electrons. The summed E-state index contributed by atoms with van der Waals surface area (Å²) in [6.07, 6.45) is 1.98. The molecule has 4 nitrogen and oxygen atoms in total. The molecule has 1 atom stereocenters. The zero-order valence-electron chi connectivity index (χ0n) is 15.7. The van der Waals surface area contributed by atoms with Crippen molar-refractivity contribution >= 4 is 17.5 Å². The minimum Gasteiger partial charge on any atom is -0.340 e. The summed E-state index contributed by atoms with van der Waals surface area (Å²) in [4.78, 5) is 24.9. The van der Waals surface area contributed by atoms with E-state index in [0.29, 0.717) is 5.69 Å². The van der Waals surface area contributed by atoms with E-state index in [1.165, 1.54) is 11.6 Å². The Morgan fingerprint density at radius 2 is 1.59 bits per heavy atom. The third-order valence-corrected chi connectivity index (χ3v) is 4.19. The minimum absolute atomic E-state index is 0.275. The molecule has 0 aliphatic heterocycles. The van der Waals surface area contributed by atoms with Crippen molar-refractivity contribution in [1.29, 1.82) is 0 Å². The van der Waals surface area contributed by atoms with Crippen molar-refractivity contribution in [2.75, 3.05) is 5.32 Å². The van der Waals surface area contributed by atoms with E-state index in [9.17, 15) is 18.4 Å². The molecule has 0 aliphatic rings. The first-order chi connectivity index (χ1) is 12.8. The smallest absolute Gasteiger partial charge is 0.257 e. The molecule has 0 spiro atoms. The summed E-state index contributed by atoms with van der Waals surface area (Å²) in [6, 6.07) is 9.67. The second kappa shape index (κ2) is 9.26. The number of carbonyl (C=O) groups is 2. The highest BCUT2D eigenvalue weighted by Gasteiger charge is 2.27. The number of hydrogen-bond acceptors (Lipinski definition) is 2. The lowest BCUT2D eigenvalue weighted by molar-refractivity contribution is -0.118. The van der Waals surface area contributed by atoms with Gasteiger partial charge in [0.15, 0.2) is 0 Å². The monoisotopic (exact) mass is 374 g/mol. The van der Waals surface area contributed by atoms with Gasteiger partial charge in [0.2, 0.25) is 5.91 Å². The van der Waals surface area contributed by atoms with E-state index in [2.05, 4.69) is 17.6 Å². The fourth-order valence-corrected chi connectivity index (χ4v) is 2.73. The maximum atomic E-state index is 13.8. The third-order valence-electron chi connectivity index (χ3n) is 4.19. The normalized spacial score (nSPS) is 11.9. The van der Waals surface area contributed by atoms with Gasteiger partial charge in [-0.05, 0) is 42.2 Å². The Morgan fingerprint density at radius 1 is 1.00 bits per heavy atom. The first-order valence-corrected chi connectivity index (χ1v) is 8.98. The summed E-state index contributed by atoms with van der Waals surface area (Å²) in [5.74, 6) is -3.62. The zero-order valence-corrected chi connectivity index (χ0v) is 15.7. The Hall–Kier alpha value is -2.76. The van der Waals surface area contributed by atoms with Gasteiger partial charge in [-0.2, -0.15) is 0 Å². The topological polar surface area (TPSA) is 58.2 Å².